The molecule has 0 radical (unpaired) electrons. The molecule has 0 bridgehead atoms. The molecule has 0 saturated heterocycles. The molecule has 96 valence electrons. The standard InChI is InChI=1S/C14H24N2O/c1-4-16(5-2)13-9-8-12(7-6-10-15)14(11-13)17-3/h8-9,11H,4-7,10,15H2,1-3H3. The van der Waals surface area contributed by atoms with Crippen molar-refractivity contribution in [2.75, 3.05) is 31.6 Å². The van der Waals surface area contributed by atoms with Gasteiger partial charge in [-0.3, -0.25) is 0 Å². The molecule has 0 fully saturated rings. The lowest BCUT2D eigenvalue weighted by Crippen LogP contribution is -2.21. The first-order valence-electron chi connectivity index (χ1n) is 6.38. The van der Waals surface area contributed by atoms with Crippen molar-refractivity contribution >= 4 is 5.69 Å². The number of rotatable bonds is 7. The van der Waals surface area contributed by atoms with Gasteiger partial charge in [-0.15, -0.1) is 0 Å². The minimum Gasteiger partial charge on any atom is -0.496 e. The van der Waals surface area contributed by atoms with E-state index < -0.39 is 0 Å². The summed E-state index contributed by atoms with van der Waals surface area (Å²) in [6.07, 6.45) is 1.99. The minimum absolute atomic E-state index is 0.723. The van der Waals surface area contributed by atoms with Crippen LogP contribution in [0.25, 0.3) is 0 Å². The fraction of sp³-hybridized carbons (Fsp3) is 0.571. The van der Waals surface area contributed by atoms with E-state index in [2.05, 4.69) is 36.9 Å². The molecule has 0 amide bonds. The summed E-state index contributed by atoms with van der Waals surface area (Å²) in [5.41, 5.74) is 8.01. The largest absolute Gasteiger partial charge is 0.496 e. The van der Waals surface area contributed by atoms with E-state index in [1.165, 1.54) is 11.3 Å². The molecule has 0 aliphatic carbocycles. The van der Waals surface area contributed by atoms with E-state index in [0.717, 1.165) is 38.2 Å². The van der Waals surface area contributed by atoms with Gasteiger partial charge < -0.3 is 15.4 Å². The molecule has 0 aromatic heterocycles. The summed E-state index contributed by atoms with van der Waals surface area (Å²) >= 11 is 0. The van der Waals surface area contributed by atoms with Crippen LogP contribution in [0.5, 0.6) is 5.75 Å². The van der Waals surface area contributed by atoms with Crippen molar-refractivity contribution in [3.8, 4) is 5.75 Å². The molecule has 0 aliphatic rings. The van der Waals surface area contributed by atoms with E-state index in [9.17, 15) is 0 Å². The highest BCUT2D eigenvalue weighted by molar-refractivity contribution is 5.53. The maximum absolute atomic E-state index is 5.54. The third-order valence-corrected chi connectivity index (χ3v) is 3.05. The highest BCUT2D eigenvalue weighted by atomic mass is 16.5. The summed E-state index contributed by atoms with van der Waals surface area (Å²) < 4.78 is 5.45. The lowest BCUT2D eigenvalue weighted by molar-refractivity contribution is 0.409. The Morgan fingerprint density at radius 3 is 2.47 bits per heavy atom. The number of aryl methyl sites for hydroxylation is 1. The average molecular weight is 236 g/mol. The van der Waals surface area contributed by atoms with E-state index in [1.807, 2.05) is 0 Å². The summed E-state index contributed by atoms with van der Waals surface area (Å²) in [7, 11) is 1.73. The smallest absolute Gasteiger partial charge is 0.124 e. The van der Waals surface area contributed by atoms with Crippen LogP contribution in [-0.2, 0) is 6.42 Å². The molecule has 1 aromatic carbocycles. The summed E-state index contributed by atoms with van der Waals surface area (Å²) in [6, 6.07) is 6.45. The maximum Gasteiger partial charge on any atom is 0.124 e. The van der Waals surface area contributed by atoms with Crippen LogP contribution in [-0.4, -0.2) is 26.7 Å². The topological polar surface area (TPSA) is 38.5 Å². The van der Waals surface area contributed by atoms with Crippen LogP contribution in [0.1, 0.15) is 25.8 Å². The Kier molecular flexibility index (Phi) is 5.84. The average Bonchev–Trinajstić information content (AvgIpc) is 2.38. The fourth-order valence-electron chi connectivity index (χ4n) is 2.02. The minimum atomic E-state index is 0.723. The fourth-order valence-corrected chi connectivity index (χ4v) is 2.02. The number of methoxy groups -OCH3 is 1. The SMILES string of the molecule is CCN(CC)c1ccc(CCCN)c(OC)c1. The van der Waals surface area contributed by atoms with Gasteiger partial charge in [0, 0.05) is 24.8 Å². The monoisotopic (exact) mass is 236 g/mol. The number of hydrogen-bond donors (Lipinski definition) is 1. The molecule has 1 aromatic rings. The number of anilines is 1. The quantitative estimate of drug-likeness (QED) is 0.790. The lowest BCUT2D eigenvalue weighted by atomic mass is 10.1. The highest BCUT2D eigenvalue weighted by Gasteiger charge is 2.07. The number of ether oxygens (including phenoxy) is 1. The van der Waals surface area contributed by atoms with Crippen LogP contribution >= 0.6 is 0 Å². The molecule has 2 N–H and O–H groups in total. The van der Waals surface area contributed by atoms with Gasteiger partial charge in [0.15, 0.2) is 0 Å². The normalized spacial score (nSPS) is 10.4. The summed E-state index contributed by atoms with van der Waals surface area (Å²) in [5, 5.41) is 0. The van der Waals surface area contributed by atoms with Crippen molar-refractivity contribution in [1.29, 1.82) is 0 Å². The Balaban J connectivity index is 2.90. The molecular weight excluding hydrogens is 212 g/mol. The second-order valence-corrected chi connectivity index (χ2v) is 4.06. The van der Waals surface area contributed by atoms with Crippen molar-refractivity contribution in [2.24, 2.45) is 5.73 Å². The van der Waals surface area contributed by atoms with E-state index in [-0.39, 0.29) is 0 Å². The first kappa shape index (κ1) is 13.8. The van der Waals surface area contributed by atoms with E-state index in [1.54, 1.807) is 7.11 Å². The highest BCUT2D eigenvalue weighted by Crippen LogP contribution is 2.26. The lowest BCUT2D eigenvalue weighted by Gasteiger charge is -2.22. The van der Waals surface area contributed by atoms with Gasteiger partial charge >= 0.3 is 0 Å². The van der Waals surface area contributed by atoms with E-state index in [4.69, 9.17) is 10.5 Å². The van der Waals surface area contributed by atoms with E-state index in [0.29, 0.717) is 0 Å². The first-order valence-corrected chi connectivity index (χ1v) is 6.38. The molecule has 0 atom stereocenters. The molecular formula is C14H24N2O. The second kappa shape index (κ2) is 7.17. The molecule has 0 heterocycles. The molecule has 0 saturated carbocycles. The van der Waals surface area contributed by atoms with Crippen molar-refractivity contribution in [3.63, 3.8) is 0 Å². The maximum atomic E-state index is 5.54. The van der Waals surface area contributed by atoms with Gasteiger partial charge in [0.25, 0.3) is 0 Å². The summed E-state index contributed by atoms with van der Waals surface area (Å²) in [4.78, 5) is 2.31. The zero-order valence-electron chi connectivity index (χ0n) is 11.2. The van der Waals surface area contributed by atoms with Crippen LogP contribution < -0.4 is 15.4 Å². The zero-order chi connectivity index (χ0) is 12.7. The Morgan fingerprint density at radius 1 is 1.24 bits per heavy atom. The van der Waals surface area contributed by atoms with Crippen LogP contribution in [0.3, 0.4) is 0 Å². The van der Waals surface area contributed by atoms with Gasteiger partial charge in [-0.05, 0) is 44.9 Å². The van der Waals surface area contributed by atoms with Crippen molar-refractivity contribution < 1.29 is 4.74 Å². The predicted molar refractivity (Wildman–Crippen MR) is 73.9 cm³/mol. The number of benzene rings is 1. The Hall–Kier alpha value is -1.22. The molecule has 3 nitrogen and oxygen atoms in total. The van der Waals surface area contributed by atoms with Crippen LogP contribution in [0, 0.1) is 0 Å². The Bertz CT molecular complexity index is 335. The first-order chi connectivity index (χ1) is 8.26. The van der Waals surface area contributed by atoms with Gasteiger partial charge in [-0.2, -0.15) is 0 Å². The van der Waals surface area contributed by atoms with Crippen molar-refractivity contribution in [3.05, 3.63) is 23.8 Å². The number of nitrogens with zero attached hydrogens (tertiary/aromatic N) is 1. The second-order valence-electron chi connectivity index (χ2n) is 4.06. The molecule has 3 heteroatoms. The molecule has 1 rings (SSSR count). The zero-order valence-corrected chi connectivity index (χ0v) is 11.2. The van der Waals surface area contributed by atoms with Gasteiger partial charge in [-0.25, -0.2) is 0 Å². The molecule has 0 aliphatic heterocycles. The van der Waals surface area contributed by atoms with Crippen LogP contribution in [0.4, 0.5) is 5.69 Å². The summed E-state index contributed by atoms with van der Waals surface area (Å²) in [6.45, 7) is 7.08. The molecule has 0 spiro atoms. The van der Waals surface area contributed by atoms with Crippen molar-refractivity contribution in [2.45, 2.75) is 26.7 Å². The Labute approximate surface area is 105 Å². The van der Waals surface area contributed by atoms with Gasteiger partial charge in [-0.1, -0.05) is 6.07 Å². The molecule has 0 unspecified atom stereocenters. The van der Waals surface area contributed by atoms with Crippen molar-refractivity contribution in [1.82, 2.24) is 0 Å². The van der Waals surface area contributed by atoms with E-state index >= 15 is 0 Å². The van der Waals surface area contributed by atoms with Gasteiger partial charge in [0.1, 0.15) is 5.75 Å². The van der Waals surface area contributed by atoms with Crippen LogP contribution in [0.2, 0.25) is 0 Å². The third kappa shape index (κ3) is 3.63. The number of nitrogens with two attached hydrogens (primary N) is 1. The predicted octanol–water partition coefficient (Wildman–Crippen LogP) is 2.43. The molecule has 17 heavy (non-hydrogen) atoms. The van der Waals surface area contributed by atoms with Gasteiger partial charge in [0.05, 0.1) is 7.11 Å². The van der Waals surface area contributed by atoms with Crippen LogP contribution in [0.15, 0.2) is 18.2 Å². The third-order valence-electron chi connectivity index (χ3n) is 3.05. The summed E-state index contributed by atoms with van der Waals surface area (Å²) in [5.74, 6) is 0.975. The van der Waals surface area contributed by atoms with Gasteiger partial charge in [0.2, 0.25) is 0 Å². The number of hydrogen-bond acceptors (Lipinski definition) is 3. The Morgan fingerprint density at radius 2 is 1.94 bits per heavy atom.